The van der Waals surface area contributed by atoms with E-state index in [0.717, 1.165) is 0 Å². The van der Waals surface area contributed by atoms with Crippen LogP contribution in [0.2, 0.25) is 0 Å². The largest absolute Gasteiger partial charge is 0.444 e. The van der Waals surface area contributed by atoms with Crippen molar-refractivity contribution in [2.24, 2.45) is 5.73 Å². The summed E-state index contributed by atoms with van der Waals surface area (Å²) in [6, 6.07) is 0.0202. The van der Waals surface area contributed by atoms with E-state index in [1.807, 2.05) is 27.7 Å². The third-order valence-electron chi connectivity index (χ3n) is 1.66. The molecule has 16 heavy (non-hydrogen) atoms. The molecule has 0 heterocycles. The van der Waals surface area contributed by atoms with E-state index in [1.54, 1.807) is 7.05 Å². The van der Waals surface area contributed by atoms with Gasteiger partial charge in [0.15, 0.2) is 0 Å². The number of nitrogens with two attached hydrogens (primary N) is 1. The summed E-state index contributed by atoms with van der Waals surface area (Å²) in [7, 11) is 1.68. The first-order chi connectivity index (χ1) is 7.22. The summed E-state index contributed by atoms with van der Waals surface area (Å²) >= 11 is 0. The molecular formula is C11H24N2O3. The molecule has 0 aromatic carbocycles. The van der Waals surface area contributed by atoms with Crippen molar-refractivity contribution in [1.82, 2.24) is 4.90 Å². The zero-order valence-corrected chi connectivity index (χ0v) is 10.9. The van der Waals surface area contributed by atoms with Crippen molar-refractivity contribution in [2.75, 3.05) is 26.8 Å². The van der Waals surface area contributed by atoms with Gasteiger partial charge in [0, 0.05) is 19.6 Å². The highest BCUT2D eigenvalue weighted by atomic mass is 16.6. The van der Waals surface area contributed by atoms with Crippen molar-refractivity contribution in [3.63, 3.8) is 0 Å². The number of carbonyl (C=O) groups is 1. The van der Waals surface area contributed by atoms with Crippen molar-refractivity contribution in [3.05, 3.63) is 0 Å². The Hall–Kier alpha value is -0.810. The van der Waals surface area contributed by atoms with E-state index in [9.17, 15) is 4.79 Å². The third kappa shape index (κ3) is 8.49. The molecule has 0 saturated heterocycles. The van der Waals surface area contributed by atoms with E-state index < -0.39 is 5.60 Å². The van der Waals surface area contributed by atoms with Gasteiger partial charge in [0.25, 0.3) is 0 Å². The van der Waals surface area contributed by atoms with Crippen LogP contribution in [0.25, 0.3) is 0 Å². The van der Waals surface area contributed by atoms with Gasteiger partial charge >= 0.3 is 6.09 Å². The Bertz CT molecular complexity index is 212. The summed E-state index contributed by atoms with van der Waals surface area (Å²) in [6.07, 6.45) is -0.336. The van der Waals surface area contributed by atoms with E-state index in [2.05, 4.69) is 0 Å². The molecule has 0 spiro atoms. The second kappa shape index (κ2) is 6.70. The van der Waals surface area contributed by atoms with Gasteiger partial charge in [-0.2, -0.15) is 0 Å². The van der Waals surface area contributed by atoms with Gasteiger partial charge in [0.05, 0.1) is 13.2 Å². The van der Waals surface area contributed by atoms with Gasteiger partial charge < -0.3 is 20.1 Å². The highest BCUT2D eigenvalue weighted by Gasteiger charge is 2.19. The van der Waals surface area contributed by atoms with Crippen LogP contribution < -0.4 is 5.73 Å². The van der Waals surface area contributed by atoms with Crippen molar-refractivity contribution in [3.8, 4) is 0 Å². The quantitative estimate of drug-likeness (QED) is 0.724. The van der Waals surface area contributed by atoms with Gasteiger partial charge in [-0.1, -0.05) is 0 Å². The first-order valence-corrected chi connectivity index (χ1v) is 5.50. The molecule has 2 N–H and O–H groups in total. The molecule has 0 radical (unpaired) electrons. The van der Waals surface area contributed by atoms with Gasteiger partial charge in [-0.3, -0.25) is 0 Å². The van der Waals surface area contributed by atoms with E-state index in [-0.39, 0.29) is 12.1 Å². The number of hydrogen-bond acceptors (Lipinski definition) is 4. The maximum Gasteiger partial charge on any atom is 0.410 e. The number of hydrogen-bond donors (Lipinski definition) is 1. The van der Waals surface area contributed by atoms with Crippen LogP contribution in [0, 0.1) is 0 Å². The lowest BCUT2D eigenvalue weighted by atomic mass is 10.2. The van der Waals surface area contributed by atoms with Crippen molar-refractivity contribution in [1.29, 1.82) is 0 Å². The lowest BCUT2D eigenvalue weighted by Gasteiger charge is -2.24. The number of likely N-dealkylation sites (N-methyl/N-ethyl adjacent to an activating group) is 1. The minimum atomic E-state index is -0.460. The first kappa shape index (κ1) is 15.2. The topological polar surface area (TPSA) is 64.8 Å². The summed E-state index contributed by atoms with van der Waals surface area (Å²) in [4.78, 5) is 13.0. The monoisotopic (exact) mass is 232 g/mol. The van der Waals surface area contributed by atoms with Crippen LogP contribution in [0.3, 0.4) is 0 Å². The predicted molar refractivity (Wildman–Crippen MR) is 63.3 cm³/mol. The number of ether oxygens (including phenoxy) is 2. The zero-order valence-electron chi connectivity index (χ0n) is 10.9. The molecule has 0 bridgehead atoms. The zero-order chi connectivity index (χ0) is 12.8. The normalized spacial score (nSPS) is 13.4. The van der Waals surface area contributed by atoms with Gasteiger partial charge in [-0.15, -0.1) is 0 Å². The standard InChI is InChI=1S/C11H24N2O3/c1-9(12)8-15-7-6-13(5)10(14)16-11(2,3)4/h9H,6-8,12H2,1-5H3/t9-/m0/s1. The maximum absolute atomic E-state index is 11.5. The van der Waals surface area contributed by atoms with Crippen LogP contribution in [0.15, 0.2) is 0 Å². The smallest absolute Gasteiger partial charge is 0.410 e. The van der Waals surface area contributed by atoms with Crippen molar-refractivity contribution >= 4 is 6.09 Å². The summed E-state index contributed by atoms with van der Waals surface area (Å²) in [6.45, 7) is 8.86. The molecule has 0 fully saturated rings. The minimum Gasteiger partial charge on any atom is -0.444 e. The highest BCUT2D eigenvalue weighted by Crippen LogP contribution is 2.08. The molecule has 96 valence electrons. The summed E-state index contributed by atoms with van der Waals surface area (Å²) in [5, 5.41) is 0. The third-order valence-corrected chi connectivity index (χ3v) is 1.66. The Kier molecular flexibility index (Phi) is 6.36. The van der Waals surface area contributed by atoms with Crippen LogP contribution in [0.4, 0.5) is 4.79 Å². The Morgan fingerprint density at radius 3 is 2.44 bits per heavy atom. The Labute approximate surface area is 97.9 Å². The Balaban J connectivity index is 3.72. The number of nitrogens with zero attached hydrogens (tertiary/aromatic N) is 1. The first-order valence-electron chi connectivity index (χ1n) is 5.50. The summed E-state index contributed by atoms with van der Waals surface area (Å²) in [5.74, 6) is 0. The van der Waals surface area contributed by atoms with E-state index in [1.165, 1.54) is 4.90 Å². The molecule has 0 saturated carbocycles. The fourth-order valence-corrected chi connectivity index (χ4v) is 0.902. The molecule has 0 aliphatic carbocycles. The predicted octanol–water partition coefficient (Wildman–Crippen LogP) is 1.22. The molecule has 1 amide bonds. The van der Waals surface area contributed by atoms with E-state index in [0.29, 0.717) is 19.8 Å². The van der Waals surface area contributed by atoms with Crippen LogP contribution in [0.1, 0.15) is 27.7 Å². The molecule has 1 atom stereocenters. The van der Waals surface area contributed by atoms with Gasteiger partial charge in [-0.05, 0) is 27.7 Å². The fraction of sp³-hybridized carbons (Fsp3) is 0.909. The van der Waals surface area contributed by atoms with Gasteiger partial charge in [-0.25, -0.2) is 4.79 Å². The molecule has 0 unspecified atom stereocenters. The summed E-state index contributed by atoms with van der Waals surface area (Å²) in [5.41, 5.74) is 5.06. The summed E-state index contributed by atoms with van der Waals surface area (Å²) < 4.78 is 10.5. The minimum absolute atomic E-state index is 0.0202. The molecule has 0 aromatic rings. The lowest BCUT2D eigenvalue weighted by Crippen LogP contribution is -2.36. The number of amides is 1. The lowest BCUT2D eigenvalue weighted by molar-refractivity contribution is 0.0227. The highest BCUT2D eigenvalue weighted by molar-refractivity contribution is 5.67. The van der Waals surface area contributed by atoms with Crippen LogP contribution in [-0.4, -0.2) is 49.4 Å². The Morgan fingerprint density at radius 1 is 1.44 bits per heavy atom. The molecule has 0 aliphatic rings. The molecule has 5 nitrogen and oxygen atoms in total. The van der Waals surface area contributed by atoms with Gasteiger partial charge in [0.2, 0.25) is 0 Å². The Morgan fingerprint density at radius 2 is 2.00 bits per heavy atom. The van der Waals surface area contributed by atoms with Crippen LogP contribution >= 0.6 is 0 Å². The molecule has 0 aromatic heterocycles. The number of carbonyl (C=O) groups excluding carboxylic acids is 1. The second-order valence-electron chi connectivity index (χ2n) is 4.95. The maximum atomic E-state index is 11.5. The van der Waals surface area contributed by atoms with Crippen molar-refractivity contribution in [2.45, 2.75) is 39.3 Å². The van der Waals surface area contributed by atoms with E-state index >= 15 is 0 Å². The molecule has 0 aliphatic heterocycles. The fourth-order valence-electron chi connectivity index (χ4n) is 0.902. The molecule has 0 rings (SSSR count). The van der Waals surface area contributed by atoms with E-state index in [4.69, 9.17) is 15.2 Å². The van der Waals surface area contributed by atoms with Crippen LogP contribution in [-0.2, 0) is 9.47 Å². The average Bonchev–Trinajstić information content (AvgIpc) is 2.08. The SMILES string of the molecule is C[C@H](N)COCCN(C)C(=O)OC(C)(C)C. The molecular weight excluding hydrogens is 208 g/mol. The van der Waals surface area contributed by atoms with Gasteiger partial charge in [0.1, 0.15) is 5.60 Å². The molecule has 5 heteroatoms. The van der Waals surface area contributed by atoms with Crippen LogP contribution in [0.5, 0.6) is 0 Å². The number of rotatable bonds is 5. The van der Waals surface area contributed by atoms with Crippen molar-refractivity contribution < 1.29 is 14.3 Å². The second-order valence-corrected chi connectivity index (χ2v) is 4.95. The average molecular weight is 232 g/mol.